The van der Waals surface area contributed by atoms with Crippen LogP contribution in [0.2, 0.25) is 0 Å². The summed E-state index contributed by atoms with van der Waals surface area (Å²) in [5.74, 6) is 0.235. The highest BCUT2D eigenvalue weighted by atomic mass is 16.6. The zero-order valence-electron chi connectivity index (χ0n) is 10.3. The summed E-state index contributed by atoms with van der Waals surface area (Å²) in [5.41, 5.74) is -0.349. The van der Waals surface area contributed by atoms with Crippen molar-refractivity contribution in [1.82, 2.24) is 10.2 Å². The first kappa shape index (κ1) is 12.2. The molecule has 0 bridgehead atoms. The van der Waals surface area contributed by atoms with Gasteiger partial charge in [-0.1, -0.05) is 13.3 Å². The average Bonchev–Trinajstić information content (AvgIpc) is 2.68. The van der Waals surface area contributed by atoms with Crippen molar-refractivity contribution in [3.05, 3.63) is 0 Å². The molecule has 2 aliphatic rings. The van der Waals surface area contributed by atoms with Crippen LogP contribution in [0.25, 0.3) is 0 Å². The molecule has 2 fully saturated rings. The van der Waals surface area contributed by atoms with Crippen molar-refractivity contribution in [3.63, 3.8) is 0 Å². The van der Waals surface area contributed by atoms with Crippen molar-refractivity contribution < 1.29 is 14.3 Å². The Balaban J connectivity index is 1.81. The Bertz CT molecular complexity index is 309. The second-order valence-corrected chi connectivity index (χ2v) is 4.91. The third kappa shape index (κ3) is 2.70. The van der Waals surface area contributed by atoms with E-state index < -0.39 is 0 Å². The summed E-state index contributed by atoms with van der Waals surface area (Å²) in [6.45, 7) is 4.08. The molecule has 5 nitrogen and oxygen atoms in total. The van der Waals surface area contributed by atoms with E-state index in [-0.39, 0.29) is 17.6 Å². The molecule has 0 unspecified atom stereocenters. The Morgan fingerprint density at radius 3 is 2.71 bits per heavy atom. The fourth-order valence-electron chi connectivity index (χ4n) is 2.43. The van der Waals surface area contributed by atoms with Gasteiger partial charge in [0.05, 0.1) is 6.54 Å². The van der Waals surface area contributed by atoms with Gasteiger partial charge in [-0.15, -0.1) is 0 Å². The molecule has 2 heterocycles. The molecule has 2 rings (SSSR count). The van der Waals surface area contributed by atoms with Gasteiger partial charge in [0.15, 0.2) is 0 Å². The van der Waals surface area contributed by atoms with Crippen LogP contribution in [-0.2, 0) is 9.53 Å². The Morgan fingerprint density at radius 1 is 1.47 bits per heavy atom. The van der Waals surface area contributed by atoms with Gasteiger partial charge in [0.1, 0.15) is 5.60 Å². The molecular weight excluding hydrogens is 220 g/mol. The quantitative estimate of drug-likeness (QED) is 0.808. The maximum atomic E-state index is 11.8. The van der Waals surface area contributed by atoms with Crippen LogP contribution in [-0.4, -0.2) is 42.1 Å². The predicted molar refractivity (Wildman–Crippen MR) is 62.6 cm³/mol. The molecule has 0 radical (unpaired) electrons. The Kier molecular flexibility index (Phi) is 3.54. The van der Waals surface area contributed by atoms with Gasteiger partial charge in [0, 0.05) is 32.4 Å². The minimum absolute atomic E-state index is 0.235. The first-order valence-electron chi connectivity index (χ1n) is 6.40. The number of amides is 2. The molecule has 2 saturated heterocycles. The molecule has 5 heteroatoms. The fraction of sp³-hybridized carbons (Fsp3) is 0.833. The number of carbonyl (C=O) groups excluding carboxylic acids is 2. The van der Waals surface area contributed by atoms with Crippen molar-refractivity contribution in [2.75, 3.05) is 19.6 Å². The van der Waals surface area contributed by atoms with Crippen molar-refractivity contribution >= 4 is 12.0 Å². The summed E-state index contributed by atoms with van der Waals surface area (Å²) < 4.78 is 5.31. The lowest BCUT2D eigenvalue weighted by molar-refractivity contribution is -0.134. The molecule has 2 amide bonds. The number of nitrogens with zero attached hydrogens (tertiary/aromatic N) is 1. The van der Waals surface area contributed by atoms with E-state index in [1.54, 1.807) is 0 Å². The van der Waals surface area contributed by atoms with Gasteiger partial charge >= 0.3 is 6.09 Å². The highest BCUT2D eigenvalue weighted by Crippen LogP contribution is 2.29. The van der Waals surface area contributed by atoms with E-state index in [0.29, 0.717) is 26.1 Å². The summed E-state index contributed by atoms with van der Waals surface area (Å²) in [5, 5.41) is 2.69. The Hall–Kier alpha value is -1.26. The van der Waals surface area contributed by atoms with E-state index in [2.05, 4.69) is 12.2 Å². The van der Waals surface area contributed by atoms with E-state index in [0.717, 1.165) is 25.7 Å². The second-order valence-electron chi connectivity index (χ2n) is 4.91. The number of hydrogen-bond acceptors (Lipinski definition) is 3. The topological polar surface area (TPSA) is 58.6 Å². The van der Waals surface area contributed by atoms with E-state index in [1.165, 1.54) is 0 Å². The molecule has 96 valence electrons. The Labute approximate surface area is 101 Å². The second kappa shape index (κ2) is 4.94. The molecular formula is C12H20N2O3. The highest BCUT2D eigenvalue weighted by molar-refractivity contribution is 5.76. The van der Waals surface area contributed by atoms with Crippen LogP contribution in [0.15, 0.2) is 0 Å². The molecule has 1 N–H and O–H groups in total. The van der Waals surface area contributed by atoms with Crippen LogP contribution in [0.5, 0.6) is 0 Å². The number of nitrogens with one attached hydrogen (secondary N) is 1. The van der Waals surface area contributed by atoms with Gasteiger partial charge in [-0.25, -0.2) is 4.79 Å². The molecule has 0 atom stereocenters. The minimum Gasteiger partial charge on any atom is -0.441 e. The van der Waals surface area contributed by atoms with E-state index in [1.807, 2.05) is 4.90 Å². The number of ether oxygens (including phenoxy) is 1. The fourth-order valence-corrected chi connectivity index (χ4v) is 2.43. The number of unbranched alkanes of at least 4 members (excludes halogenated alkanes) is 1. The third-order valence-electron chi connectivity index (χ3n) is 3.64. The van der Waals surface area contributed by atoms with Gasteiger partial charge in [-0.05, 0) is 6.42 Å². The zero-order chi connectivity index (χ0) is 12.3. The third-order valence-corrected chi connectivity index (χ3v) is 3.64. The van der Waals surface area contributed by atoms with Crippen molar-refractivity contribution in [1.29, 1.82) is 0 Å². The number of piperidine rings is 1. The standard InChI is InChI=1S/C12H20N2O3/c1-2-3-4-10(15)14-7-5-12(6-8-14)9-13-11(16)17-12/h2-9H2,1H3,(H,13,16). The Morgan fingerprint density at radius 2 is 2.18 bits per heavy atom. The summed E-state index contributed by atoms with van der Waals surface area (Å²) in [4.78, 5) is 24.8. The lowest BCUT2D eigenvalue weighted by Gasteiger charge is -2.37. The molecule has 0 saturated carbocycles. The van der Waals surface area contributed by atoms with Crippen LogP contribution in [0.4, 0.5) is 4.79 Å². The molecule has 2 aliphatic heterocycles. The number of hydrogen-bond donors (Lipinski definition) is 1. The molecule has 1 spiro atoms. The maximum Gasteiger partial charge on any atom is 0.407 e. The minimum atomic E-state index is -0.349. The van der Waals surface area contributed by atoms with E-state index in [4.69, 9.17) is 4.74 Å². The maximum absolute atomic E-state index is 11.8. The van der Waals surface area contributed by atoms with Crippen LogP contribution in [0, 0.1) is 0 Å². The van der Waals surface area contributed by atoms with Gasteiger partial charge < -0.3 is 15.0 Å². The SMILES string of the molecule is CCCCC(=O)N1CCC2(CC1)CNC(=O)O2. The number of likely N-dealkylation sites (tertiary alicyclic amines) is 1. The smallest absolute Gasteiger partial charge is 0.407 e. The van der Waals surface area contributed by atoms with Crippen LogP contribution in [0.1, 0.15) is 39.0 Å². The summed E-state index contributed by atoms with van der Waals surface area (Å²) in [6, 6.07) is 0. The molecule has 17 heavy (non-hydrogen) atoms. The van der Waals surface area contributed by atoms with Gasteiger partial charge in [0.25, 0.3) is 0 Å². The molecule has 0 aromatic carbocycles. The van der Waals surface area contributed by atoms with E-state index in [9.17, 15) is 9.59 Å². The number of carbonyl (C=O) groups is 2. The van der Waals surface area contributed by atoms with Gasteiger partial charge in [0.2, 0.25) is 5.91 Å². The summed E-state index contributed by atoms with van der Waals surface area (Å²) in [7, 11) is 0. The lowest BCUT2D eigenvalue weighted by Crippen LogP contribution is -2.48. The molecule has 0 aliphatic carbocycles. The van der Waals surface area contributed by atoms with Crippen molar-refractivity contribution in [2.45, 2.75) is 44.6 Å². The summed E-state index contributed by atoms with van der Waals surface area (Å²) >= 11 is 0. The van der Waals surface area contributed by atoms with Crippen LogP contribution < -0.4 is 5.32 Å². The summed E-state index contributed by atoms with van der Waals surface area (Å²) in [6.07, 6.45) is 3.83. The number of alkyl carbamates (subject to hydrolysis) is 1. The lowest BCUT2D eigenvalue weighted by atomic mass is 9.91. The first-order chi connectivity index (χ1) is 8.15. The van der Waals surface area contributed by atoms with Crippen LogP contribution >= 0.6 is 0 Å². The van der Waals surface area contributed by atoms with E-state index >= 15 is 0 Å². The average molecular weight is 240 g/mol. The normalized spacial score (nSPS) is 22.4. The number of rotatable bonds is 3. The van der Waals surface area contributed by atoms with Gasteiger partial charge in [-0.3, -0.25) is 4.79 Å². The first-order valence-corrected chi connectivity index (χ1v) is 6.40. The highest BCUT2D eigenvalue weighted by Gasteiger charge is 2.43. The van der Waals surface area contributed by atoms with Gasteiger partial charge in [-0.2, -0.15) is 0 Å². The zero-order valence-corrected chi connectivity index (χ0v) is 10.3. The monoisotopic (exact) mass is 240 g/mol. The van der Waals surface area contributed by atoms with Crippen molar-refractivity contribution in [2.24, 2.45) is 0 Å². The molecule has 0 aromatic heterocycles. The van der Waals surface area contributed by atoms with Crippen LogP contribution in [0.3, 0.4) is 0 Å². The van der Waals surface area contributed by atoms with Crippen molar-refractivity contribution in [3.8, 4) is 0 Å². The largest absolute Gasteiger partial charge is 0.441 e. The molecule has 0 aromatic rings. The predicted octanol–water partition coefficient (Wildman–Crippen LogP) is 1.28.